The zero-order valence-corrected chi connectivity index (χ0v) is 9.23. The largest absolute Gasteiger partial charge is 0.468 e. The molecule has 16 heavy (non-hydrogen) atoms. The highest BCUT2D eigenvalue weighted by molar-refractivity contribution is 6.02. The highest BCUT2D eigenvalue weighted by Crippen LogP contribution is 2.69. The average Bonchev–Trinajstić information content (AvgIpc) is 2.81. The van der Waals surface area contributed by atoms with E-state index >= 15 is 0 Å². The second kappa shape index (κ2) is 3.59. The molecule has 0 amide bonds. The number of hydrogen-bond acceptors (Lipinski definition) is 5. The van der Waals surface area contributed by atoms with Gasteiger partial charge in [0.15, 0.2) is 0 Å². The maximum absolute atomic E-state index is 11.8. The van der Waals surface area contributed by atoms with E-state index in [1.807, 2.05) is 0 Å². The number of allylic oxidation sites excluding steroid dienone is 1. The molecule has 1 N–H and O–H groups in total. The molecule has 5 nitrogen and oxygen atoms in total. The van der Waals surface area contributed by atoms with Crippen molar-refractivity contribution in [2.45, 2.75) is 6.42 Å². The molecule has 0 spiro atoms. The Kier molecular flexibility index (Phi) is 2.50. The molecule has 5 heteroatoms. The average molecular weight is 226 g/mol. The van der Waals surface area contributed by atoms with E-state index in [0.717, 1.165) is 0 Å². The molecule has 3 atom stereocenters. The SMILES string of the molecule is COC(=O)C1=CC[C@H]2[C@@H](CO)[C@@]12C(=O)OC. The van der Waals surface area contributed by atoms with Crippen LogP contribution in [0.25, 0.3) is 0 Å². The smallest absolute Gasteiger partial charge is 0.334 e. The number of rotatable bonds is 3. The zero-order chi connectivity index (χ0) is 11.9. The van der Waals surface area contributed by atoms with Gasteiger partial charge in [0, 0.05) is 12.5 Å². The molecule has 0 heterocycles. The molecule has 2 aliphatic carbocycles. The Morgan fingerprint density at radius 2 is 2.19 bits per heavy atom. The molecule has 2 aliphatic rings. The molecule has 1 saturated carbocycles. The van der Waals surface area contributed by atoms with Gasteiger partial charge in [-0.25, -0.2) is 4.79 Å². The molecule has 0 aromatic heterocycles. The minimum atomic E-state index is -0.948. The van der Waals surface area contributed by atoms with Crippen LogP contribution in [0.2, 0.25) is 0 Å². The van der Waals surface area contributed by atoms with Crippen molar-refractivity contribution in [3.8, 4) is 0 Å². The van der Waals surface area contributed by atoms with Gasteiger partial charge in [0.1, 0.15) is 5.41 Å². The van der Waals surface area contributed by atoms with Crippen LogP contribution in [-0.2, 0) is 19.1 Å². The molecular formula is C11H14O5. The molecule has 0 bridgehead atoms. The highest BCUT2D eigenvalue weighted by atomic mass is 16.5. The van der Waals surface area contributed by atoms with Crippen LogP contribution in [0.4, 0.5) is 0 Å². The zero-order valence-electron chi connectivity index (χ0n) is 9.23. The number of esters is 2. The number of aliphatic hydroxyl groups excluding tert-OH is 1. The van der Waals surface area contributed by atoms with E-state index in [1.54, 1.807) is 6.08 Å². The number of hydrogen-bond donors (Lipinski definition) is 1. The van der Waals surface area contributed by atoms with E-state index in [4.69, 9.17) is 4.74 Å². The lowest BCUT2D eigenvalue weighted by atomic mass is 9.94. The Balaban J connectivity index is 2.34. The molecule has 0 aliphatic heterocycles. The first-order valence-corrected chi connectivity index (χ1v) is 5.12. The van der Waals surface area contributed by atoms with E-state index in [9.17, 15) is 14.7 Å². The Morgan fingerprint density at radius 3 is 2.62 bits per heavy atom. The van der Waals surface area contributed by atoms with Crippen molar-refractivity contribution in [3.05, 3.63) is 11.6 Å². The summed E-state index contributed by atoms with van der Waals surface area (Å²) < 4.78 is 9.38. The van der Waals surface area contributed by atoms with Crippen LogP contribution in [-0.4, -0.2) is 37.9 Å². The van der Waals surface area contributed by atoms with Gasteiger partial charge < -0.3 is 14.6 Å². The summed E-state index contributed by atoms with van der Waals surface area (Å²) in [6.45, 7) is -0.117. The summed E-state index contributed by atoms with van der Waals surface area (Å²) in [5.41, 5.74) is -0.609. The maximum Gasteiger partial charge on any atom is 0.334 e. The Bertz CT molecular complexity index is 373. The van der Waals surface area contributed by atoms with Crippen LogP contribution in [0.1, 0.15) is 6.42 Å². The molecule has 0 unspecified atom stereocenters. The summed E-state index contributed by atoms with van der Waals surface area (Å²) in [6.07, 6.45) is 2.32. The molecule has 1 fully saturated rings. The van der Waals surface area contributed by atoms with Crippen LogP contribution in [0.3, 0.4) is 0 Å². The Hall–Kier alpha value is -1.36. The predicted molar refractivity (Wildman–Crippen MR) is 53.2 cm³/mol. The lowest BCUT2D eigenvalue weighted by molar-refractivity contribution is -0.149. The fraction of sp³-hybridized carbons (Fsp3) is 0.636. The summed E-state index contributed by atoms with van der Waals surface area (Å²) in [5, 5.41) is 9.21. The first-order valence-electron chi connectivity index (χ1n) is 5.12. The van der Waals surface area contributed by atoms with Crippen molar-refractivity contribution in [2.24, 2.45) is 17.3 Å². The Labute approximate surface area is 93.0 Å². The van der Waals surface area contributed by atoms with Gasteiger partial charge in [-0.15, -0.1) is 0 Å². The van der Waals surface area contributed by atoms with E-state index in [-0.39, 0.29) is 18.4 Å². The van der Waals surface area contributed by atoms with Crippen LogP contribution >= 0.6 is 0 Å². The van der Waals surface area contributed by atoms with Crippen LogP contribution in [0.15, 0.2) is 11.6 Å². The molecule has 0 saturated heterocycles. The lowest BCUT2D eigenvalue weighted by Crippen LogP contribution is -2.27. The fourth-order valence-corrected chi connectivity index (χ4v) is 2.92. The third-order valence-electron chi connectivity index (χ3n) is 3.69. The van der Waals surface area contributed by atoms with Crippen molar-refractivity contribution < 1.29 is 24.2 Å². The van der Waals surface area contributed by atoms with E-state index in [0.29, 0.717) is 12.0 Å². The van der Waals surface area contributed by atoms with Gasteiger partial charge in [-0.3, -0.25) is 4.79 Å². The van der Waals surface area contributed by atoms with E-state index in [1.165, 1.54) is 14.2 Å². The molecule has 0 aromatic rings. The van der Waals surface area contributed by atoms with Gasteiger partial charge in [0.05, 0.1) is 19.8 Å². The second-order valence-corrected chi connectivity index (χ2v) is 4.10. The number of carbonyl (C=O) groups is 2. The van der Waals surface area contributed by atoms with Crippen LogP contribution < -0.4 is 0 Å². The monoisotopic (exact) mass is 226 g/mol. The third kappa shape index (κ3) is 1.09. The van der Waals surface area contributed by atoms with Gasteiger partial charge in [-0.1, -0.05) is 6.08 Å². The van der Waals surface area contributed by atoms with Crippen LogP contribution in [0, 0.1) is 17.3 Å². The molecule has 2 rings (SSSR count). The van der Waals surface area contributed by atoms with Gasteiger partial charge in [0.25, 0.3) is 0 Å². The number of aliphatic hydroxyl groups is 1. The number of fused-ring (bicyclic) bond motifs is 1. The summed E-state index contributed by atoms with van der Waals surface area (Å²) in [5.74, 6) is -1.19. The predicted octanol–water partition coefficient (Wildman–Crippen LogP) is -0.113. The molecule has 88 valence electrons. The number of carbonyl (C=O) groups excluding carboxylic acids is 2. The first kappa shape index (κ1) is 11.1. The fourth-order valence-electron chi connectivity index (χ4n) is 2.92. The second-order valence-electron chi connectivity index (χ2n) is 4.10. The summed E-state index contributed by atoms with van der Waals surface area (Å²) in [7, 11) is 2.56. The van der Waals surface area contributed by atoms with Gasteiger partial charge in [-0.05, 0) is 12.3 Å². The molecule has 0 radical (unpaired) electrons. The third-order valence-corrected chi connectivity index (χ3v) is 3.69. The molecule has 0 aromatic carbocycles. The summed E-state index contributed by atoms with van der Waals surface area (Å²) in [6, 6.07) is 0. The van der Waals surface area contributed by atoms with Gasteiger partial charge in [0.2, 0.25) is 0 Å². The van der Waals surface area contributed by atoms with Crippen molar-refractivity contribution in [1.82, 2.24) is 0 Å². The summed E-state index contributed by atoms with van der Waals surface area (Å²) >= 11 is 0. The number of methoxy groups -OCH3 is 2. The normalized spacial score (nSPS) is 35.1. The quantitative estimate of drug-likeness (QED) is 0.679. The van der Waals surface area contributed by atoms with Crippen molar-refractivity contribution in [1.29, 1.82) is 0 Å². The lowest BCUT2D eigenvalue weighted by Gasteiger charge is -2.15. The van der Waals surface area contributed by atoms with Crippen molar-refractivity contribution >= 4 is 11.9 Å². The van der Waals surface area contributed by atoms with Gasteiger partial charge in [-0.2, -0.15) is 0 Å². The van der Waals surface area contributed by atoms with Crippen molar-refractivity contribution in [2.75, 3.05) is 20.8 Å². The van der Waals surface area contributed by atoms with Gasteiger partial charge >= 0.3 is 11.9 Å². The standard InChI is InChI=1S/C11H14O5/c1-15-9(13)7-4-3-6-8(5-12)11(6,7)10(14)16-2/h4,6,8,12H,3,5H2,1-2H3/t6-,8+,11-/m0/s1. The van der Waals surface area contributed by atoms with Crippen molar-refractivity contribution in [3.63, 3.8) is 0 Å². The minimum Gasteiger partial charge on any atom is -0.468 e. The maximum atomic E-state index is 11.8. The molecular weight excluding hydrogens is 212 g/mol. The van der Waals surface area contributed by atoms with E-state index < -0.39 is 17.4 Å². The summed E-state index contributed by atoms with van der Waals surface area (Å²) in [4.78, 5) is 23.4. The van der Waals surface area contributed by atoms with E-state index in [2.05, 4.69) is 4.74 Å². The Morgan fingerprint density at radius 1 is 1.50 bits per heavy atom. The topological polar surface area (TPSA) is 72.8 Å². The highest BCUT2D eigenvalue weighted by Gasteiger charge is 2.75. The minimum absolute atomic E-state index is 0.0148. The number of ether oxygens (including phenoxy) is 2. The first-order chi connectivity index (χ1) is 7.64. The van der Waals surface area contributed by atoms with Crippen LogP contribution in [0.5, 0.6) is 0 Å².